The van der Waals surface area contributed by atoms with Crippen LogP contribution in [0, 0.1) is 5.82 Å². The van der Waals surface area contributed by atoms with Crippen LogP contribution in [0.2, 0.25) is 0 Å². The van der Waals surface area contributed by atoms with Gasteiger partial charge in [0.15, 0.2) is 0 Å². The second-order valence-electron chi connectivity index (χ2n) is 5.95. The molecule has 0 unspecified atom stereocenters. The molecule has 0 fully saturated rings. The second-order valence-corrected chi connectivity index (χ2v) is 5.95. The van der Waals surface area contributed by atoms with Gasteiger partial charge in [-0.3, -0.25) is 9.36 Å². The highest BCUT2D eigenvalue weighted by atomic mass is 19.1. The number of carbonyl (C=O) groups excluding carboxylic acids is 1. The van der Waals surface area contributed by atoms with Crippen LogP contribution < -0.4 is 10.3 Å². The minimum atomic E-state index is -0.665. The SMILES string of the molecule is O=C(Oc1cccc(F)c1)c1cn(-c2ccccc2)c(=O)c2ccccc12. The summed E-state index contributed by atoms with van der Waals surface area (Å²) >= 11 is 0. The fourth-order valence-electron chi connectivity index (χ4n) is 2.93. The molecule has 0 saturated heterocycles. The first-order valence-electron chi connectivity index (χ1n) is 8.31. The maximum atomic E-state index is 13.4. The van der Waals surface area contributed by atoms with Gasteiger partial charge in [0.2, 0.25) is 0 Å². The maximum Gasteiger partial charge on any atom is 0.345 e. The van der Waals surface area contributed by atoms with Crippen LogP contribution in [0.3, 0.4) is 0 Å². The Kier molecular flexibility index (Phi) is 4.26. The molecule has 0 bridgehead atoms. The van der Waals surface area contributed by atoms with Crippen LogP contribution in [0.4, 0.5) is 4.39 Å². The van der Waals surface area contributed by atoms with E-state index in [0.29, 0.717) is 16.5 Å². The Bertz CT molecular complexity index is 1200. The summed E-state index contributed by atoms with van der Waals surface area (Å²) < 4.78 is 20.1. The zero-order valence-electron chi connectivity index (χ0n) is 14.1. The summed E-state index contributed by atoms with van der Waals surface area (Å²) in [5.41, 5.74) is 0.616. The van der Waals surface area contributed by atoms with E-state index in [1.54, 1.807) is 36.4 Å². The summed E-state index contributed by atoms with van der Waals surface area (Å²) in [6.45, 7) is 0. The van der Waals surface area contributed by atoms with Crippen molar-refractivity contribution in [2.45, 2.75) is 0 Å². The number of nitrogens with zero attached hydrogens (tertiary/aromatic N) is 1. The number of halogens is 1. The van der Waals surface area contributed by atoms with Crippen LogP contribution in [0.15, 0.2) is 89.9 Å². The van der Waals surface area contributed by atoms with Crippen LogP contribution >= 0.6 is 0 Å². The predicted octanol–water partition coefficient (Wildman–Crippen LogP) is 4.35. The minimum Gasteiger partial charge on any atom is -0.423 e. The van der Waals surface area contributed by atoms with Gasteiger partial charge in [-0.25, -0.2) is 9.18 Å². The van der Waals surface area contributed by atoms with E-state index < -0.39 is 11.8 Å². The molecule has 0 saturated carbocycles. The van der Waals surface area contributed by atoms with E-state index in [4.69, 9.17) is 4.74 Å². The molecule has 0 aliphatic rings. The number of para-hydroxylation sites is 1. The molecule has 27 heavy (non-hydrogen) atoms. The Hall–Kier alpha value is -3.73. The van der Waals surface area contributed by atoms with E-state index >= 15 is 0 Å². The number of ether oxygens (including phenoxy) is 1. The Morgan fingerprint density at radius 3 is 2.30 bits per heavy atom. The number of aromatic nitrogens is 1. The van der Waals surface area contributed by atoms with Crippen LogP contribution in [-0.2, 0) is 0 Å². The zero-order valence-corrected chi connectivity index (χ0v) is 14.1. The molecular formula is C22H14FNO3. The molecule has 0 radical (unpaired) electrons. The number of hydrogen-bond acceptors (Lipinski definition) is 3. The van der Waals surface area contributed by atoms with Crippen molar-refractivity contribution in [3.05, 3.63) is 107 Å². The maximum absolute atomic E-state index is 13.4. The van der Waals surface area contributed by atoms with Crippen molar-refractivity contribution < 1.29 is 13.9 Å². The Labute approximate surface area is 154 Å². The normalized spacial score (nSPS) is 10.7. The fourth-order valence-corrected chi connectivity index (χ4v) is 2.93. The number of carbonyl (C=O) groups is 1. The molecule has 4 rings (SSSR count). The number of fused-ring (bicyclic) bond motifs is 1. The molecular weight excluding hydrogens is 345 g/mol. The first-order chi connectivity index (χ1) is 13.1. The van der Waals surface area contributed by atoms with Gasteiger partial charge in [-0.2, -0.15) is 0 Å². The van der Waals surface area contributed by atoms with Gasteiger partial charge in [-0.15, -0.1) is 0 Å². The molecule has 3 aromatic carbocycles. The third-order valence-electron chi connectivity index (χ3n) is 4.19. The summed E-state index contributed by atoms with van der Waals surface area (Å²) in [4.78, 5) is 25.6. The zero-order chi connectivity index (χ0) is 18.8. The monoisotopic (exact) mass is 359 g/mol. The predicted molar refractivity (Wildman–Crippen MR) is 101 cm³/mol. The van der Waals surface area contributed by atoms with E-state index in [1.807, 2.05) is 18.2 Å². The molecule has 132 valence electrons. The van der Waals surface area contributed by atoms with Crippen LogP contribution in [0.1, 0.15) is 10.4 Å². The summed E-state index contributed by atoms with van der Waals surface area (Å²) in [5.74, 6) is -1.07. The molecule has 4 nitrogen and oxygen atoms in total. The van der Waals surface area contributed by atoms with Crippen molar-refractivity contribution in [1.29, 1.82) is 0 Å². The first-order valence-corrected chi connectivity index (χ1v) is 8.31. The lowest BCUT2D eigenvalue weighted by Crippen LogP contribution is -2.22. The molecule has 0 aliphatic carbocycles. The fraction of sp³-hybridized carbons (Fsp3) is 0. The van der Waals surface area contributed by atoms with Crippen molar-refractivity contribution >= 4 is 16.7 Å². The van der Waals surface area contributed by atoms with E-state index in [2.05, 4.69) is 0 Å². The molecule has 0 spiro atoms. The molecule has 1 aromatic heterocycles. The van der Waals surface area contributed by atoms with Crippen molar-refractivity contribution in [3.63, 3.8) is 0 Å². The highest BCUT2D eigenvalue weighted by Crippen LogP contribution is 2.20. The third kappa shape index (κ3) is 3.22. The number of esters is 1. The van der Waals surface area contributed by atoms with Crippen molar-refractivity contribution in [3.8, 4) is 11.4 Å². The van der Waals surface area contributed by atoms with E-state index in [9.17, 15) is 14.0 Å². The van der Waals surface area contributed by atoms with E-state index in [0.717, 1.165) is 6.07 Å². The van der Waals surface area contributed by atoms with Crippen molar-refractivity contribution in [2.24, 2.45) is 0 Å². The summed E-state index contributed by atoms with van der Waals surface area (Å²) in [7, 11) is 0. The standard InChI is InChI=1S/C22H14FNO3/c23-15-7-6-10-17(13-15)27-22(26)20-14-24(16-8-2-1-3-9-16)21(25)19-12-5-4-11-18(19)20/h1-14H. The molecule has 0 amide bonds. The van der Waals surface area contributed by atoms with E-state index in [-0.39, 0.29) is 16.9 Å². The number of rotatable bonds is 3. The van der Waals surface area contributed by atoms with Gasteiger partial charge >= 0.3 is 5.97 Å². The molecule has 5 heteroatoms. The van der Waals surface area contributed by atoms with Gasteiger partial charge < -0.3 is 4.74 Å². The number of hydrogen-bond donors (Lipinski definition) is 0. The number of benzene rings is 3. The van der Waals surface area contributed by atoms with Crippen LogP contribution in [-0.4, -0.2) is 10.5 Å². The van der Waals surface area contributed by atoms with Gasteiger partial charge in [0.1, 0.15) is 11.6 Å². The van der Waals surface area contributed by atoms with Crippen LogP contribution in [0.25, 0.3) is 16.5 Å². The molecule has 1 heterocycles. The molecule has 0 atom stereocenters. The Morgan fingerprint density at radius 2 is 1.56 bits per heavy atom. The highest BCUT2D eigenvalue weighted by molar-refractivity contribution is 6.04. The van der Waals surface area contributed by atoms with Gasteiger partial charge in [-0.1, -0.05) is 42.5 Å². The lowest BCUT2D eigenvalue weighted by atomic mass is 10.1. The molecule has 0 N–H and O–H groups in total. The van der Waals surface area contributed by atoms with Crippen LogP contribution in [0.5, 0.6) is 5.75 Å². The largest absolute Gasteiger partial charge is 0.423 e. The van der Waals surface area contributed by atoms with Crippen molar-refractivity contribution in [1.82, 2.24) is 4.57 Å². The Morgan fingerprint density at radius 1 is 0.852 bits per heavy atom. The number of pyridine rings is 1. The van der Waals surface area contributed by atoms with E-state index in [1.165, 1.54) is 29.0 Å². The van der Waals surface area contributed by atoms with Gasteiger partial charge in [0.25, 0.3) is 5.56 Å². The average Bonchev–Trinajstić information content (AvgIpc) is 2.69. The van der Waals surface area contributed by atoms with Gasteiger partial charge in [0, 0.05) is 28.7 Å². The minimum absolute atomic E-state index is 0.0987. The van der Waals surface area contributed by atoms with Crippen molar-refractivity contribution in [2.75, 3.05) is 0 Å². The first kappa shape index (κ1) is 16.7. The molecule has 0 aliphatic heterocycles. The third-order valence-corrected chi connectivity index (χ3v) is 4.19. The summed E-state index contributed by atoms with van der Waals surface area (Å²) in [6, 6.07) is 21.2. The lowest BCUT2D eigenvalue weighted by molar-refractivity contribution is 0.0736. The Balaban J connectivity index is 1.88. The lowest BCUT2D eigenvalue weighted by Gasteiger charge is -2.12. The molecule has 4 aromatic rings. The highest BCUT2D eigenvalue weighted by Gasteiger charge is 2.17. The summed E-state index contributed by atoms with van der Waals surface area (Å²) in [6.07, 6.45) is 1.46. The second kappa shape index (κ2) is 6.88. The van der Waals surface area contributed by atoms with Gasteiger partial charge in [0.05, 0.1) is 5.56 Å². The average molecular weight is 359 g/mol. The topological polar surface area (TPSA) is 48.3 Å². The smallest absolute Gasteiger partial charge is 0.345 e. The summed E-state index contributed by atoms with van der Waals surface area (Å²) in [5, 5.41) is 0.881. The van der Waals surface area contributed by atoms with Gasteiger partial charge in [-0.05, 0) is 30.3 Å². The quantitative estimate of drug-likeness (QED) is 0.404.